The number of urea groups is 2. The van der Waals surface area contributed by atoms with Gasteiger partial charge in [0.2, 0.25) is 16.7 Å². The maximum Gasteiger partial charge on any atom is 0.345 e. The smallest absolute Gasteiger partial charge is 0.345 e. The van der Waals surface area contributed by atoms with Crippen molar-refractivity contribution < 1.29 is 43.2 Å². The van der Waals surface area contributed by atoms with Crippen LogP contribution in [0.5, 0.6) is 5.75 Å². The van der Waals surface area contributed by atoms with Crippen molar-refractivity contribution in [3.63, 3.8) is 0 Å². The second-order valence-corrected chi connectivity index (χ2v) is 11.8. The van der Waals surface area contributed by atoms with Crippen molar-refractivity contribution in [1.82, 2.24) is 25.6 Å². The van der Waals surface area contributed by atoms with Crippen LogP contribution in [0.25, 0.3) is 0 Å². The van der Waals surface area contributed by atoms with Crippen molar-refractivity contribution in [3.05, 3.63) is 69.8 Å². The maximum atomic E-state index is 13.8. The molecule has 18 nitrogen and oxygen atoms in total. The molecule has 3 aliphatic rings. The first-order valence-electron chi connectivity index (χ1n) is 13.7. The van der Waals surface area contributed by atoms with E-state index in [1.54, 1.807) is 0 Å². The third-order valence-corrected chi connectivity index (χ3v) is 9.12. The molecule has 3 heterocycles. The van der Waals surface area contributed by atoms with Gasteiger partial charge in [-0.3, -0.25) is 29.4 Å². The lowest BCUT2D eigenvalue weighted by molar-refractivity contribution is -0.384. The number of amides is 6. The first-order valence-corrected chi connectivity index (χ1v) is 14.6. The second-order valence-electron chi connectivity index (χ2n) is 10.4. The summed E-state index contributed by atoms with van der Waals surface area (Å²) in [6.45, 7) is 0.594. The average Bonchev–Trinajstić information content (AvgIpc) is 3.57. The van der Waals surface area contributed by atoms with Crippen molar-refractivity contribution >= 4 is 53.3 Å². The molecule has 3 aliphatic heterocycles. The number of hydrogen-bond donors (Lipinski definition) is 4. The van der Waals surface area contributed by atoms with E-state index in [0.29, 0.717) is 11.1 Å². The van der Waals surface area contributed by atoms with E-state index >= 15 is 0 Å². The lowest BCUT2D eigenvalue weighted by Crippen LogP contribution is -2.68. The second kappa shape index (κ2) is 12.5. The molecule has 4 atom stereocenters. The number of nitrogens with zero attached hydrogens (tertiary/aromatic N) is 4. The topological polar surface area (TPSA) is 250 Å². The number of nitro benzene ring substituents is 1. The summed E-state index contributed by atoms with van der Waals surface area (Å²) in [6.07, 6.45) is 0. The predicted octanol–water partition coefficient (Wildman–Crippen LogP) is -0.320. The van der Waals surface area contributed by atoms with E-state index in [2.05, 4.69) is 10.7 Å². The highest BCUT2D eigenvalue weighted by atomic mass is 32.2. The van der Waals surface area contributed by atoms with Crippen LogP contribution in [0.2, 0.25) is 0 Å². The van der Waals surface area contributed by atoms with E-state index in [4.69, 9.17) is 20.9 Å². The number of primary amides is 1. The molecule has 5 rings (SSSR count). The number of fused-ring (bicyclic) bond motifs is 1. The molecule has 0 bridgehead atoms. The fourth-order valence-electron chi connectivity index (χ4n) is 5.18. The molecule has 0 unspecified atom stereocenters. The van der Waals surface area contributed by atoms with Crippen molar-refractivity contribution in [3.8, 4) is 5.75 Å². The van der Waals surface area contributed by atoms with Crippen LogP contribution in [0.4, 0.5) is 15.3 Å². The first kappa shape index (κ1) is 32.0. The van der Waals surface area contributed by atoms with Crippen LogP contribution in [0.1, 0.15) is 24.1 Å². The van der Waals surface area contributed by atoms with E-state index in [-0.39, 0.29) is 37.7 Å². The molecule has 2 aromatic carbocycles. The molecule has 6 N–H and O–H groups in total. The molecule has 242 valence electrons. The molecule has 46 heavy (non-hydrogen) atoms. The van der Waals surface area contributed by atoms with E-state index in [1.807, 2.05) is 0 Å². The number of rotatable bonds is 10. The highest BCUT2D eigenvalue weighted by Gasteiger charge is 2.67. The standard InChI is InChI=1S/C27H28N8O10S/c1-14(36)45-18-8-4-16(5-9-18)19(28)21(37)30-20-22(38)32-13-27(46-23(20)32,33-10-11-34(26(33)41)31-25(29)40)24(39)44-12-15-2-6-17(7-3-15)35(42)43/h2-9,19-20,23H,10-13,28H2,1H3,(H,30,37)(H3,29,31,40)/t19-,20-,23-,27-/m1/s1. The number of nitrogens with two attached hydrogens (primary N) is 2. The van der Waals surface area contributed by atoms with Gasteiger partial charge in [-0.2, -0.15) is 0 Å². The number of thioether (sulfide) groups is 1. The number of hydrogen-bond acceptors (Lipinski definition) is 12. The summed E-state index contributed by atoms with van der Waals surface area (Å²) >= 11 is 0.920. The Hall–Kier alpha value is -5.43. The highest BCUT2D eigenvalue weighted by Crippen LogP contribution is 2.50. The van der Waals surface area contributed by atoms with Crippen LogP contribution in [0, 0.1) is 10.1 Å². The van der Waals surface area contributed by atoms with Crippen LogP contribution in [0.3, 0.4) is 0 Å². The van der Waals surface area contributed by atoms with Gasteiger partial charge >= 0.3 is 24.0 Å². The summed E-state index contributed by atoms with van der Waals surface area (Å²) in [5.74, 6) is -2.36. The molecule has 0 saturated carbocycles. The van der Waals surface area contributed by atoms with Gasteiger partial charge in [0.05, 0.1) is 18.0 Å². The molecule has 3 fully saturated rings. The fraction of sp³-hybridized carbons (Fsp3) is 0.333. The zero-order valence-corrected chi connectivity index (χ0v) is 24.9. The zero-order valence-electron chi connectivity index (χ0n) is 24.1. The van der Waals surface area contributed by atoms with Crippen LogP contribution < -0.4 is 26.9 Å². The van der Waals surface area contributed by atoms with Crippen LogP contribution in [0.15, 0.2) is 48.5 Å². The number of benzene rings is 2. The maximum absolute atomic E-state index is 13.8. The highest BCUT2D eigenvalue weighted by molar-refractivity contribution is 8.02. The van der Waals surface area contributed by atoms with Gasteiger partial charge in [-0.1, -0.05) is 23.9 Å². The van der Waals surface area contributed by atoms with Crippen LogP contribution in [-0.2, 0) is 30.5 Å². The minimum atomic E-state index is -1.78. The fourth-order valence-corrected chi connectivity index (χ4v) is 6.88. The Morgan fingerprint density at radius 2 is 1.78 bits per heavy atom. The number of β-lactam (4-membered cyclic amide) rings is 1. The summed E-state index contributed by atoms with van der Waals surface area (Å²) in [5.41, 5.74) is 14.1. The zero-order chi connectivity index (χ0) is 33.3. The third-order valence-electron chi connectivity index (χ3n) is 7.45. The number of ether oxygens (including phenoxy) is 2. The van der Waals surface area contributed by atoms with Gasteiger partial charge in [-0.25, -0.2) is 24.8 Å². The van der Waals surface area contributed by atoms with Crippen molar-refractivity contribution in [1.29, 1.82) is 0 Å². The van der Waals surface area contributed by atoms with Crippen LogP contribution in [-0.4, -0.2) is 91.5 Å². The number of nitrogens with one attached hydrogen (secondary N) is 2. The Morgan fingerprint density at radius 1 is 1.11 bits per heavy atom. The SMILES string of the molecule is CC(=O)Oc1ccc([C@@H](N)C(=O)N[C@@H]2C(=O)N3C[C@@](C(=O)OCc4ccc([N+](=O)[O-])cc4)(N4CCN(NC(N)=O)C4=O)S[C@H]23)cc1. The monoisotopic (exact) mass is 656 g/mol. The minimum absolute atomic E-state index is 0.0242. The van der Waals surface area contributed by atoms with Crippen LogP contribution >= 0.6 is 11.8 Å². The summed E-state index contributed by atoms with van der Waals surface area (Å²) in [6, 6.07) is 7.20. The number of hydrazine groups is 1. The van der Waals surface area contributed by atoms with Crippen molar-refractivity contribution in [2.45, 2.75) is 35.9 Å². The number of nitro groups is 1. The first-order chi connectivity index (χ1) is 21.8. The van der Waals surface area contributed by atoms with Crippen molar-refractivity contribution in [2.24, 2.45) is 11.5 Å². The Bertz CT molecular complexity index is 1610. The quantitative estimate of drug-likeness (QED) is 0.0844. The Balaban J connectivity index is 1.32. The molecule has 2 aromatic rings. The molecule has 3 saturated heterocycles. The summed E-state index contributed by atoms with van der Waals surface area (Å²) in [7, 11) is 0. The van der Waals surface area contributed by atoms with E-state index in [1.165, 1.54) is 60.4 Å². The van der Waals surface area contributed by atoms with E-state index < -0.39 is 63.1 Å². The summed E-state index contributed by atoms with van der Waals surface area (Å²) < 4.78 is 10.5. The molecule has 0 radical (unpaired) electrons. The van der Waals surface area contributed by atoms with Gasteiger partial charge in [0.1, 0.15) is 29.8 Å². The van der Waals surface area contributed by atoms with Gasteiger partial charge in [-0.05, 0) is 35.4 Å². The summed E-state index contributed by atoms with van der Waals surface area (Å²) in [5, 5.41) is 13.7. The number of non-ortho nitro benzene ring substituents is 1. The molecule has 19 heteroatoms. The number of esters is 2. The van der Waals surface area contributed by atoms with Gasteiger partial charge in [-0.15, -0.1) is 0 Å². The van der Waals surface area contributed by atoms with Gasteiger partial charge in [0, 0.05) is 25.6 Å². The van der Waals surface area contributed by atoms with E-state index in [9.17, 15) is 38.9 Å². The van der Waals surface area contributed by atoms with Gasteiger partial charge in [0.25, 0.3) is 5.69 Å². The molecule has 0 spiro atoms. The number of carbonyl (C=O) groups is 6. The predicted molar refractivity (Wildman–Crippen MR) is 157 cm³/mol. The summed E-state index contributed by atoms with van der Waals surface area (Å²) in [4.78, 5) is 87.0. The Labute approximate surface area is 264 Å². The largest absolute Gasteiger partial charge is 0.458 e. The lowest BCUT2D eigenvalue weighted by Gasteiger charge is -2.41. The minimum Gasteiger partial charge on any atom is -0.458 e. The van der Waals surface area contributed by atoms with Crippen molar-refractivity contribution in [2.75, 3.05) is 19.6 Å². The average molecular weight is 657 g/mol. The molecule has 6 amide bonds. The Kier molecular flexibility index (Phi) is 8.70. The van der Waals surface area contributed by atoms with E-state index in [0.717, 1.165) is 21.7 Å². The molecule has 0 aliphatic carbocycles. The lowest BCUT2D eigenvalue weighted by atomic mass is 10.0. The molecular weight excluding hydrogens is 628 g/mol. The molecular formula is C27H28N8O10S. The normalized spacial score (nSPS) is 22.4. The Morgan fingerprint density at radius 3 is 2.39 bits per heavy atom. The third kappa shape index (κ3) is 6.09. The number of carbonyl (C=O) groups excluding carboxylic acids is 6. The van der Waals surface area contributed by atoms with Gasteiger partial charge in [0.15, 0.2) is 0 Å². The van der Waals surface area contributed by atoms with Gasteiger partial charge < -0.3 is 31.2 Å². The molecule has 0 aromatic heterocycles.